The van der Waals surface area contributed by atoms with E-state index in [0.29, 0.717) is 0 Å². The van der Waals surface area contributed by atoms with Gasteiger partial charge in [-0.05, 0) is 25.0 Å². The Morgan fingerprint density at radius 2 is 1.90 bits per heavy atom. The highest BCUT2D eigenvalue weighted by atomic mass is 16.5. The largest absolute Gasteiger partial charge is 0.507 e. The SMILES string of the molecule is C[C@@H]1C=C[C@H](O)[C@@H](O)[C@@H](O)CC=Cc2cc(OCC(O)CO)cc(O)c2C(=O)O[C@H]1C. The van der Waals surface area contributed by atoms with Gasteiger partial charge in [-0.1, -0.05) is 31.2 Å². The fraction of sp³-hybridized carbons (Fsp3) is 0.500. The maximum absolute atomic E-state index is 12.8. The lowest BCUT2D eigenvalue weighted by Gasteiger charge is -2.22. The minimum atomic E-state index is -1.42. The van der Waals surface area contributed by atoms with Crippen molar-refractivity contribution in [3.8, 4) is 11.5 Å². The molecule has 1 heterocycles. The van der Waals surface area contributed by atoms with Crippen LogP contribution in [-0.2, 0) is 4.74 Å². The molecule has 6 atom stereocenters. The molecule has 0 fully saturated rings. The molecule has 31 heavy (non-hydrogen) atoms. The van der Waals surface area contributed by atoms with Gasteiger partial charge in [-0.25, -0.2) is 4.79 Å². The highest BCUT2D eigenvalue weighted by Crippen LogP contribution is 2.31. The maximum Gasteiger partial charge on any atom is 0.342 e. The molecule has 1 aliphatic heterocycles. The minimum absolute atomic E-state index is 0.0401. The number of fused-ring (bicyclic) bond motifs is 1. The number of rotatable bonds is 4. The number of hydrogen-bond donors (Lipinski definition) is 6. The molecule has 0 bridgehead atoms. The monoisotopic (exact) mass is 438 g/mol. The molecular weight excluding hydrogens is 408 g/mol. The third kappa shape index (κ3) is 6.78. The average Bonchev–Trinajstić information content (AvgIpc) is 2.73. The van der Waals surface area contributed by atoms with Gasteiger partial charge in [-0.3, -0.25) is 0 Å². The number of carbonyl (C=O) groups excluding carboxylic acids is 1. The summed E-state index contributed by atoms with van der Waals surface area (Å²) in [6, 6.07) is 2.64. The Hall–Kier alpha value is -2.43. The third-order valence-electron chi connectivity index (χ3n) is 5.04. The molecule has 9 heteroatoms. The van der Waals surface area contributed by atoms with Crippen LogP contribution in [0.3, 0.4) is 0 Å². The quantitative estimate of drug-likeness (QED) is 0.288. The van der Waals surface area contributed by atoms with Crippen LogP contribution in [0.1, 0.15) is 36.2 Å². The summed E-state index contributed by atoms with van der Waals surface area (Å²) in [7, 11) is 0. The highest BCUT2D eigenvalue weighted by Gasteiger charge is 2.25. The first kappa shape index (κ1) is 24.8. The van der Waals surface area contributed by atoms with E-state index in [2.05, 4.69) is 0 Å². The number of benzene rings is 1. The van der Waals surface area contributed by atoms with E-state index >= 15 is 0 Å². The molecule has 0 radical (unpaired) electrons. The van der Waals surface area contributed by atoms with Crippen LogP contribution in [0.5, 0.6) is 11.5 Å². The maximum atomic E-state index is 12.8. The summed E-state index contributed by atoms with van der Waals surface area (Å²) in [5.74, 6) is -1.36. The fourth-order valence-electron chi connectivity index (χ4n) is 2.90. The Kier molecular flexibility index (Phi) is 9.02. The van der Waals surface area contributed by atoms with E-state index in [0.717, 1.165) is 0 Å². The van der Waals surface area contributed by atoms with Crippen molar-refractivity contribution in [3.63, 3.8) is 0 Å². The number of phenolic OH excluding ortho intramolecular Hbond substituents is 1. The van der Waals surface area contributed by atoms with Gasteiger partial charge in [0.1, 0.15) is 48.1 Å². The number of esters is 1. The lowest BCUT2D eigenvalue weighted by molar-refractivity contribution is -0.0395. The van der Waals surface area contributed by atoms with Crippen molar-refractivity contribution in [1.29, 1.82) is 0 Å². The van der Waals surface area contributed by atoms with Crippen molar-refractivity contribution in [3.05, 3.63) is 41.5 Å². The van der Waals surface area contributed by atoms with Crippen LogP contribution in [0.15, 0.2) is 30.4 Å². The first-order valence-corrected chi connectivity index (χ1v) is 10.0. The van der Waals surface area contributed by atoms with E-state index in [9.17, 15) is 30.3 Å². The van der Waals surface area contributed by atoms with Crippen LogP contribution >= 0.6 is 0 Å². The van der Waals surface area contributed by atoms with Gasteiger partial charge in [0.15, 0.2) is 0 Å². The Labute approximate surface area is 180 Å². The molecule has 0 spiro atoms. The lowest BCUT2D eigenvalue weighted by atomic mass is 9.99. The van der Waals surface area contributed by atoms with Gasteiger partial charge in [0.2, 0.25) is 0 Å². The molecule has 1 aliphatic rings. The first-order valence-electron chi connectivity index (χ1n) is 10.0. The van der Waals surface area contributed by atoms with Crippen LogP contribution in [-0.4, -0.2) is 80.3 Å². The summed E-state index contributed by atoms with van der Waals surface area (Å²) in [6.45, 7) is 2.67. The zero-order chi connectivity index (χ0) is 23.1. The van der Waals surface area contributed by atoms with Crippen LogP contribution in [0.25, 0.3) is 6.08 Å². The Morgan fingerprint density at radius 1 is 1.19 bits per heavy atom. The Balaban J connectivity index is 2.43. The van der Waals surface area contributed by atoms with Crippen LogP contribution in [0.2, 0.25) is 0 Å². The van der Waals surface area contributed by atoms with Crippen molar-refractivity contribution in [1.82, 2.24) is 0 Å². The summed E-state index contributed by atoms with van der Waals surface area (Å²) in [4.78, 5) is 12.8. The fourth-order valence-corrected chi connectivity index (χ4v) is 2.90. The van der Waals surface area contributed by atoms with Crippen molar-refractivity contribution < 1.29 is 44.9 Å². The molecule has 9 nitrogen and oxygen atoms in total. The summed E-state index contributed by atoms with van der Waals surface area (Å²) in [5, 5.41) is 59.1. The summed E-state index contributed by atoms with van der Waals surface area (Å²) >= 11 is 0. The van der Waals surface area contributed by atoms with Gasteiger partial charge >= 0.3 is 5.97 Å². The number of aliphatic hydroxyl groups excluding tert-OH is 5. The van der Waals surface area contributed by atoms with Crippen LogP contribution < -0.4 is 4.74 Å². The molecule has 0 aliphatic carbocycles. The first-order chi connectivity index (χ1) is 14.6. The molecule has 0 saturated heterocycles. The third-order valence-corrected chi connectivity index (χ3v) is 5.04. The van der Waals surface area contributed by atoms with Gasteiger partial charge in [0, 0.05) is 12.0 Å². The van der Waals surface area contributed by atoms with Gasteiger partial charge in [-0.2, -0.15) is 0 Å². The van der Waals surface area contributed by atoms with E-state index < -0.39 is 48.8 Å². The van der Waals surface area contributed by atoms with E-state index in [-0.39, 0.29) is 35.8 Å². The predicted octanol–water partition coefficient (Wildman–Crippen LogP) is 0.361. The minimum Gasteiger partial charge on any atom is -0.507 e. The number of aliphatic hydroxyl groups is 5. The molecule has 6 N–H and O–H groups in total. The normalized spacial score (nSPS) is 28.4. The standard InChI is InChI=1S/C22H30O9/c1-12-6-7-18(26)21(28)17(25)5-3-4-14-8-16(30-11-15(24)10-23)9-19(27)20(14)22(29)31-13(12)2/h3-4,6-9,12-13,15,17-18,21,23-28H,5,10-11H2,1-2H3/t12-,13+,15?,17+,18+,21+/m1/s1. The van der Waals surface area contributed by atoms with Gasteiger partial charge in [0.05, 0.1) is 12.7 Å². The Bertz CT molecular complexity index is 804. The summed E-state index contributed by atoms with van der Waals surface area (Å²) < 4.78 is 10.8. The molecule has 1 unspecified atom stereocenters. The number of carbonyl (C=O) groups is 1. The molecular formula is C22H30O9. The molecule has 172 valence electrons. The van der Waals surface area contributed by atoms with Crippen LogP contribution in [0.4, 0.5) is 0 Å². The Morgan fingerprint density at radius 3 is 2.58 bits per heavy atom. The topological polar surface area (TPSA) is 157 Å². The molecule has 1 aromatic rings. The number of phenols is 1. The van der Waals surface area contributed by atoms with Crippen molar-refractivity contribution in [2.24, 2.45) is 5.92 Å². The van der Waals surface area contributed by atoms with Crippen molar-refractivity contribution in [2.75, 3.05) is 13.2 Å². The second kappa shape index (κ2) is 11.3. The van der Waals surface area contributed by atoms with Gasteiger partial charge in [-0.15, -0.1) is 0 Å². The van der Waals surface area contributed by atoms with Gasteiger partial charge in [0.25, 0.3) is 0 Å². The lowest BCUT2D eigenvalue weighted by Crippen LogP contribution is -2.36. The predicted molar refractivity (Wildman–Crippen MR) is 112 cm³/mol. The number of ether oxygens (including phenoxy) is 2. The molecule has 0 aromatic heterocycles. The van der Waals surface area contributed by atoms with Crippen LogP contribution in [0, 0.1) is 5.92 Å². The van der Waals surface area contributed by atoms with E-state index in [4.69, 9.17) is 14.6 Å². The number of aromatic hydroxyl groups is 1. The molecule has 1 aromatic carbocycles. The number of hydrogen-bond acceptors (Lipinski definition) is 9. The zero-order valence-corrected chi connectivity index (χ0v) is 17.5. The van der Waals surface area contributed by atoms with Gasteiger partial charge < -0.3 is 40.1 Å². The number of cyclic esters (lactones) is 1. The van der Waals surface area contributed by atoms with E-state index in [1.54, 1.807) is 19.9 Å². The average molecular weight is 438 g/mol. The smallest absolute Gasteiger partial charge is 0.342 e. The summed E-state index contributed by atoms with van der Waals surface area (Å²) in [6.07, 6.45) is 0.0730. The molecule has 0 saturated carbocycles. The second-order valence-electron chi connectivity index (χ2n) is 7.60. The summed E-state index contributed by atoms with van der Waals surface area (Å²) in [5.41, 5.74) is 0.120. The molecule has 2 rings (SSSR count). The zero-order valence-electron chi connectivity index (χ0n) is 17.5. The molecule has 0 amide bonds. The second-order valence-corrected chi connectivity index (χ2v) is 7.60. The van der Waals surface area contributed by atoms with E-state index in [1.807, 2.05) is 0 Å². The van der Waals surface area contributed by atoms with Crippen molar-refractivity contribution in [2.45, 2.75) is 50.8 Å². The van der Waals surface area contributed by atoms with E-state index in [1.165, 1.54) is 30.4 Å². The highest BCUT2D eigenvalue weighted by molar-refractivity contribution is 5.97. The van der Waals surface area contributed by atoms with Crippen molar-refractivity contribution >= 4 is 12.0 Å².